The van der Waals surface area contributed by atoms with E-state index in [1.165, 1.54) is 18.4 Å². The van der Waals surface area contributed by atoms with Crippen LogP contribution in [0.25, 0.3) is 16.9 Å². The Balaban J connectivity index is 2.05. The van der Waals surface area contributed by atoms with Crippen molar-refractivity contribution in [2.45, 2.75) is 17.9 Å². The monoisotopic (exact) mass is 446 g/mol. The minimum atomic E-state index is -3.30. The second-order valence-electron chi connectivity index (χ2n) is 7.35. The zero-order chi connectivity index (χ0) is 22.6. The molecule has 0 bridgehead atoms. The van der Waals surface area contributed by atoms with Gasteiger partial charge in [-0.05, 0) is 60.5 Å². The summed E-state index contributed by atoms with van der Waals surface area (Å²) in [5.41, 5.74) is 10.6. The smallest absolute Gasteiger partial charge is 0.175 e. The molecule has 0 aliphatic rings. The third-order valence-corrected chi connectivity index (χ3v) is 6.21. The Morgan fingerprint density at radius 1 is 1.06 bits per heavy atom. The molecule has 31 heavy (non-hydrogen) atoms. The Morgan fingerprint density at radius 3 is 2.29 bits per heavy atom. The summed E-state index contributed by atoms with van der Waals surface area (Å²) in [7, 11) is -1.69. The normalized spacial score (nSPS) is 12.8. The molecular formula is C23H27FN2O4S. The highest BCUT2D eigenvalue weighted by Gasteiger charge is 2.20. The second-order valence-corrected chi connectivity index (χ2v) is 9.37. The molecule has 8 heteroatoms. The molecule has 2 aromatic carbocycles. The van der Waals surface area contributed by atoms with Crippen LogP contribution in [0.4, 0.5) is 4.39 Å². The number of methoxy groups -OCH3 is 1. The number of hydrogen-bond acceptors (Lipinski definition) is 5. The Morgan fingerprint density at radius 2 is 1.71 bits per heavy atom. The fourth-order valence-corrected chi connectivity index (χ4v) is 4.08. The molecule has 0 radical (unpaired) electrons. The molecule has 0 aliphatic heterocycles. The summed E-state index contributed by atoms with van der Waals surface area (Å²) in [6.07, 6.45) is 1.17. The van der Waals surface area contributed by atoms with E-state index in [1.807, 2.05) is 17.6 Å². The number of halogens is 1. The van der Waals surface area contributed by atoms with E-state index >= 15 is 0 Å². The van der Waals surface area contributed by atoms with Crippen molar-refractivity contribution in [2.24, 2.45) is 5.73 Å². The van der Waals surface area contributed by atoms with E-state index in [2.05, 4.69) is 0 Å². The lowest BCUT2D eigenvalue weighted by Gasteiger charge is -2.15. The van der Waals surface area contributed by atoms with E-state index in [4.69, 9.17) is 15.2 Å². The molecule has 166 valence electrons. The van der Waals surface area contributed by atoms with Crippen LogP contribution in [0.1, 0.15) is 17.3 Å². The molecule has 1 aromatic heterocycles. The fraction of sp³-hybridized carbons (Fsp3) is 0.304. The van der Waals surface area contributed by atoms with Gasteiger partial charge in [0.05, 0.1) is 36.5 Å². The van der Waals surface area contributed by atoms with Gasteiger partial charge in [0.2, 0.25) is 0 Å². The van der Waals surface area contributed by atoms with Gasteiger partial charge in [-0.1, -0.05) is 12.1 Å². The van der Waals surface area contributed by atoms with Gasteiger partial charge in [0, 0.05) is 24.7 Å². The first-order valence-electron chi connectivity index (χ1n) is 9.83. The first kappa shape index (κ1) is 23.1. The van der Waals surface area contributed by atoms with Gasteiger partial charge in [-0.25, -0.2) is 12.8 Å². The van der Waals surface area contributed by atoms with Gasteiger partial charge in [0.25, 0.3) is 0 Å². The SMILES string of the molecule is COCCOCC(N)c1cc(-c2ccc(S(C)(=O)=O)cc2)n(-c2ccc(F)cc2)c1C. The molecular weight excluding hydrogens is 419 g/mol. The summed E-state index contributed by atoms with van der Waals surface area (Å²) in [5, 5.41) is 0. The largest absolute Gasteiger partial charge is 0.382 e. The molecule has 0 amide bonds. The Labute approximate surface area is 182 Å². The summed E-state index contributed by atoms with van der Waals surface area (Å²) in [6, 6.07) is 14.5. The van der Waals surface area contributed by atoms with Crippen molar-refractivity contribution in [1.29, 1.82) is 0 Å². The van der Waals surface area contributed by atoms with E-state index in [0.717, 1.165) is 28.2 Å². The number of rotatable bonds is 9. The van der Waals surface area contributed by atoms with Crippen LogP contribution in [0.5, 0.6) is 0 Å². The number of benzene rings is 2. The van der Waals surface area contributed by atoms with E-state index in [1.54, 1.807) is 43.5 Å². The standard InChI is InChI=1S/C23H27FN2O4S/c1-16-21(22(25)15-30-13-12-29-2)14-23(26(16)19-8-6-18(24)7-9-19)17-4-10-20(11-5-17)31(3,27)28/h4-11,14,22H,12-13,15,25H2,1-3H3. The van der Waals surface area contributed by atoms with Gasteiger partial charge in [-0.3, -0.25) is 0 Å². The van der Waals surface area contributed by atoms with Crippen molar-refractivity contribution in [1.82, 2.24) is 4.57 Å². The van der Waals surface area contributed by atoms with Crippen LogP contribution < -0.4 is 5.73 Å². The third-order valence-electron chi connectivity index (χ3n) is 5.08. The number of nitrogens with zero attached hydrogens (tertiary/aromatic N) is 1. The Kier molecular flexibility index (Phi) is 7.27. The number of aromatic nitrogens is 1. The fourth-order valence-electron chi connectivity index (χ4n) is 3.45. The lowest BCUT2D eigenvalue weighted by Crippen LogP contribution is -2.19. The van der Waals surface area contributed by atoms with Gasteiger partial charge in [-0.15, -0.1) is 0 Å². The van der Waals surface area contributed by atoms with Gasteiger partial charge in [0.1, 0.15) is 5.82 Å². The maximum absolute atomic E-state index is 13.5. The van der Waals surface area contributed by atoms with E-state index in [0.29, 0.717) is 19.8 Å². The van der Waals surface area contributed by atoms with E-state index < -0.39 is 9.84 Å². The quantitative estimate of drug-likeness (QED) is 0.507. The predicted octanol–water partition coefficient (Wildman–Crippen LogP) is 3.66. The summed E-state index contributed by atoms with van der Waals surface area (Å²) in [4.78, 5) is 0.247. The number of nitrogens with two attached hydrogens (primary N) is 1. The summed E-state index contributed by atoms with van der Waals surface area (Å²) >= 11 is 0. The highest BCUT2D eigenvalue weighted by atomic mass is 32.2. The van der Waals surface area contributed by atoms with Crippen LogP contribution in [-0.4, -0.2) is 46.2 Å². The topological polar surface area (TPSA) is 83.6 Å². The van der Waals surface area contributed by atoms with Gasteiger partial charge in [0.15, 0.2) is 9.84 Å². The molecule has 0 saturated carbocycles. The molecule has 1 heterocycles. The third kappa shape index (κ3) is 5.40. The Bertz CT molecular complexity index is 1120. The molecule has 1 atom stereocenters. The lowest BCUT2D eigenvalue weighted by atomic mass is 10.1. The maximum Gasteiger partial charge on any atom is 0.175 e. The van der Waals surface area contributed by atoms with Crippen molar-refractivity contribution < 1.29 is 22.3 Å². The van der Waals surface area contributed by atoms with Crippen LogP contribution in [0, 0.1) is 12.7 Å². The van der Waals surface area contributed by atoms with Gasteiger partial charge < -0.3 is 19.8 Å². The Hall–Kier alpha value is -2.52. The first-order valence-corrected chi connectivity index (χ1v) is 11.7. The minimum Gasteiger partial charge on any atom is -0.382 e. The summed E-state index contributed by atoms with van der Waals surface area (Å²) in [5.74, 6) is -0.323. The number of sulfone groups is 1. The van der Waals surface area contributed by atoms with Crippen molar-refractivity contribution in [2.75, 3.05) is 33.2 Å². The van der Waals surface area contributed by atoms with E-state index in [9.17, 15) is 12.8 Å². The minimum absolute atomic E-state index is 0.247. The summed E-state index contributed by atoms with van der Waals surface area (Å²) in [6.45, 7) is 3.20. The highest BCUT2D eigenvalue weighted by Crippen LogP contribution is 2.32. The zero-order valence-corrected chi connectivity index (χ0v) is 18.7. The average molecular weight is 447 g/mol. The first-order chi connectivity index (χ1) is 14.7. The molecule has 0 spiro atoms. The lowest BCUT2D eigenvalue weighted by molar-refractivity contribution is 0.0635. The van der Waals surface area contributed by atoms with Gasteiger partial charge in [-0.2, -0.15) is 0 Å². The highest BCUT2D eigenvalue weighted by molar-refractivity contribution is 7.90. The molecule has 1 unspecified atom stereocenters. The number of ether oxygens (including phenoxy) is 2. The van der Waals surface area contributed by atoms with Crippen molar-refractivity contribution in [3.05, 3.63) is 71.7 Å². The van der Waals surface area contributed by atoms with Crippen LogP contribution in [0.2, 0.25) is 0 Å². The van der Waals surface area contributed by atoms with E-state index in [-0.39, 0.29) is 16.8 Å². The van der Waals surface area contributed by atoms with Crippen molar-refractivity contribution >= 4 is 9.84 Å². The molecule has 3 rings (SSSR count). The maximum atomic E-state index is 13.5. The second kappa shape index (κ2) is 9.74. The molecule has 2 N–H and O–H groups in total. The van der Waals surface area contributed by atoms with Crippen LogP contribution in [0.15, 0.2) is 59.5 Å². The number of hydrogen-bond donors (Lipinski definition) is 1. The summed E-state index contributed by atoms with van der Waals surface area (Å²) < 4.78 is 49.7. The van der Waals surface area contributed by atoms with Crippen LogP contribution >= 0.6 is 0 Å². The molecule has 3 aromatic rings. The predicted molar refractivity (Wildman–Crippen MR) is 119 cm³/mol. The van der Waals surface area contributed by atoms with Crippen LogP contribution in [-0.2, 0) is 19.3 Å². The average Bonchev–Trinajstić information content (AvgIpc) is 3.08. The molecule has 0 aliphatic carbocycles. The zero-order valence-electron chi connectivity index (χ0n) is 17.8. The molecule has 0 saturated heterocycles. The van der Waals surface area contributed by atoms with Crippen molar-refractivity contribution in [3.8, 4) is 16.9 Å². The molecule has 0 fully saturated rings. The van der Waals surface area contributed by atoms with Crippen LogP contribution in [0.3, 0.4) is 0 Å². The van der Waals surface area contributed by atoms with Gasteiger partial charge >= 0.3 is 0 Å². The van der Waals surface area contributed by atoms with Crippen molar-refractivity contribution in [3.63, 3.8) is 0 Å². The molecule has 6 nitrogen and oxygen atoms in total.